The van der Waals surface area contributed by atoms with Crippen molar-refractivity contribution in [2.24, 2.45) is 0 Å². The van der Waals surface area contributed by atoms with Gasteiger partial charge in [0, 0.05) is 13.5 Å². The number of nitrogens with zero attached hydrogens (tertiary/aromatic N) is 1. The highest BCUT2D eigenvalue weighted by molar-refractivity contribution is 7.18. The lowest BCUT2D eigenvalue weighted by Crippen LogP contribution is -2.04. The topological polar surface area (TPSA) is 78.9 Å². The van der Waals surface area contributed by atoms with Crippen molar-refractivity contribution in [2.75, 3.05) is 17.6 Å². The molecule has 3 N–H and O–H groups in total. The van der Waals surface area contributed by atoms with E-state index in [-0.39, 0.29) is 11.5 Å². The van der Waals surface area contributed by atoms with Crippen LogP contribution in [0, 0.1) is 11.3 Å². The highest BCUT2D eigenvalue weighted by Crippen LogP contribution is 2.35. The van der Waals surface area contributed by atoms with Crippen LogP contribution in [0.25, 0.3) is 0 Å². The number of ketones is 1. The van der Waals surface area contributed by atoms with Gasteiger partial charge in [0.05, 0.1) is 10.6 Å². The van der Waals surface area contributed by atoms with Crippen molar-refractivity contribution in [1.29, 1.82) is 5.26 Å². The maximum atomic E-state index is 11.4. The Hall–Kier alpha value is -2.32. The van der Waals surface area contributed by atoms with Crippen molar-refractivity contribution >= 4 is 27.8 Å². The van der Waals surface area contributed by atoms with Gasteiger partial charge in [0.25, 0.3) is 0 Å². The second-order valence-corrected chi connectivity index (χ2v) is 5.40. The number of nitriles is 1. The van der Waals surface area contributed by atoms with Gasteiger partial charge in [0.2, 0.25) is 0 Å². The Morgan fingerprint density at radius 2 is 2.10 bits per heavy atom. The first-order valence-electron chi connectivity index (χ1n) is 6.24. The van der Waals surface area contributed by atoms with Crippen molar-refractivity contribution in [1.82, 2.24) is 0 Å². The highest BCUT2D eigenvalue weighted by atomic mass is 32.1. The van der Waals surface area contributed by atoms with Gasteiger partial charge in [-0.3, -0.25) is 4.79 Å². The number of carbonyl (C=O) groups is 1. The number of benzene rings is 1. The van der Waals surface area contributed by atoms with E-state index in [1.807, 2.05) is 18.2 Å². The van der Waals surface area contributed by atoms with Crippen molar-refractivity contribution in [3.05, 3.63) is 46.3 Å². The summed E-state index contributed by atoms with van der Waals surface area (Å²) >= 11 is 1.25. The van der Waals surface area contributed by atoms with E-state index in [1.165, 1.54) is 23.8 Å². The Labute approximate surface area is 121 Å². The first kappa shape index (κ1) is 14.1. The van der Waals surface area contributed by atoms with Gasteiger partial charge in [-0.25, -0.2) is 0 Å². The lowest BCUT2D eigenvalue weighted by atomic mass is 10.1. The number of thiophene rings is 1. The van der Waals surface area contributed by atoms with Gasteiger partial charge < -0.3 is 11.1 Å². The minimum absolute atomic E-state index is 0.111. The van der Waals surface area contributed by atoms with Crippen LogP contribution < -0.4 is 11.1 Å². The summed E-state index contributed by atoms with van der Waals surface area (Å²) in [7, 11) is 0. The summed E-state index contributed by atoms with van der Waals surface area (Å²) in [5, 5.41) is 13.0. The number of hydrogen-bond donors (Lipinski definition) is 2. The molecule has 2 rings (SSSR count). The molecule has 0 aliphatic heterocycles. The Kier molecular flexibility index (Phi) is 4.38. The van der Waals surface area contributed by atoms with Crippen LogP contribution in [0.3, 0.4) is 0 Å². The predicted octanol–water partition coefficient (Wildman–Crippen LogP) is 3.06. The Balaban J connectivity index is 2.08. The van der Waals surface area contributed by atoms with Gasteiger partial charge in [-0.2, -0.15) is 5.26 Å². The van der Waals surface area contributed by atoms with Crippen LogP contribution in [0.15, 0.2) is 30.3 Å². The number of rotatable bonds is 5. The Morgan fingerprint density at radius 1 is 1.40 bits per heavy atom. The highest BCUT2D eigenvalue weighted by Gasteiger charge is 2.18. The van der Waals surface area contributed by atoms with E-state index < -0.39 is 0 Å². The Morgan fingerprint density at radius 3 is 2.70 bits per heavy atom. The molecule has 0 aliphatic rings. The zero-order chi connectivity index (χ0) is 14.5. The van der Waals surface area contributed by atoms with Crippen molar-refractivity contribution in [3.8, 4) is 6.07 Å². The molecule has 0 saturated heterocycles. The number of anilines is 2. The summed E-state index contributed by atoms with van der Waals surface area (Å²) in [6.45, 7) is 2.15. The molecule has 0 unspecified atom stereocenters. The second kappa shape index (κ2) is 6.22. The molecule has 0 atom stereocenters. The Bertz CT molecular complexity index is 656. The molecule has 0 bridgehead atoms. The van der Waals surface area contributed by atoms with E-state index >= 15 is 0 Å². The quantitative estimate of drug-likeness (QED) is 0.827. The van der Waals surface area contributed by atoms with E-state index in [4.69, 9.17) is 11.0 Å². The van der Waals surface area contributed by atoms with Crippen LogP contribution in [0.2, 0.25) is 0 Å². The van der Waals surface area contributed by atoms with E-state index in [2.05, 4.69) is 23.5 Å². The molecule has 1 aromatic heterocycles. The largest absolute Gasteiger partial charge is 0.396 e. The molecule has 2 aromatic rings. The number of nitrogens with two attached hydrogens (primary N) is 1. The van der Waals surface area contributed by atoms with Gasteiger partial charge in [0.15, 0.2) is 5.78 Å². The number of Topliss-reactive ketones (excluding diaryl/α,β-unsaturated/α-hetero) is 1. The summed E-state index contributed by atoms with van der Waals surface area (Å²) in [6.07, 6.45) is 0.846. The van der Waals surface area contributed by atoms with Crippen molar-refractivity contribution in [2.45, 2.75) is 13.3 Å². The van der Waals surface area contributed by atoms with Crippen LogP contribution in [-0.2, 0) is 6.42 Å². The number of carbonyl (C=O) groups excluding carboxylic acids is 1. The fourth-order valence-electron chi connectivity index (χ4n) is 1.91. The monoisotopic (exact) mass is 285 g/mol. The predicted molar refractivity (Wildman–Crippen MR) is 82.1 cm³/mol. The molecular weight excluding hydrogens is 270 g/mol. The molecule has 0 fully saturated rings. The van der Waals surface area contributed by atoms with Crippen LogP contribution >= 0.6 is 11.3 Å². The SMILES string of the molecule is CC(=O)c1sc(NCCc2ccccc2)c(C#N)c1N. The van der Waals surface area contributed by atoms with Gasteiger partial charge in [-0.15, -0.1) is 11.3 Å². The van der Waals surface area contributed by atoms with Crippen LogP contribution in [0.5, 0.6) is 0 Å². The minimum atomic E-state index is -0.111. The molecule has 1 aromatic carbocycles. The zero-order valence-electron chi connectivity index (χ0n) is 11.1. The van der Waals surface area contributed by atoms with Gasteiger partial charge in [0.1, 0.15) is 16.6 Å². The number of nitrogen functional groups attached to an aromatic ring is 1. The lowest BCUT2D eigenvalue weighted by Gasteiger charge is -2.04. The van der Waals surface area contributed by atoms with Crippen molar-refractivity contribution in [3.63, 3.8) is 0 Å². The minimum Gasteiger partial charge on any atom is -0.396 e. The summed E-state index contributed by atoms with van der Waals surface area (Å²) in [5.41, 5.74) is 7.70. The fourth-order valence-corrected chi connectivity index (χ4v) is 2.90. The molecule has 0 amide bonds. The summed E-state index contributed by atoms with van der Waals surface area (Å²) in [4.78, 5) is 11.9. The smallest absolute Gasteiger partial charge is 0.171 e. The molecule has 0 saturated carbocycles. The van der Waals surface area contributed by atoms with E-state index in [9.17, 15) is 4.79 Å². The molecule has 4 nitrogen and oxygen atoms in total. The third-order valence-corrected chi connectivity index (χ3v) is 4.18. The lowest BCUT2D eigenvalue weighted by molar-refractivity contribution is 0.102. The molecule has 0 spiro atoms. The molecule has 0 aliphatic carbocycles. The molecule has 1 heterocycles. The maximum absolute atomic E-state index is 11.4. The van der Waals surface area contributed by atoms with Gasteiger partial charge in [-0.05, 0) is 12.0 Å². The van der Waals surface area contributed by atoms with Crippen LogP contribution in [-0.4, -0.2) is 12.3 Å². The van der Waals surface area contributed by atoms with Gasteiger partial charge in [-0.1, -0.05) is 30.3 Å². The average molecular weight is 285 g/mol. The zero-order valence-corrected chi connectivity index (χ0v) is 12.0. The third-order valence-electron chi connectivity index (χ3n) is 2.92. The van der Waals surface area contributed by atoms with Crippen molar-refractivity contribution < 1.29 is 4.79 Å². The second-order valence-electron chi connectivity index (χ2n) is 4.38. The number of hydrogen-bond acceptors (Lipinski definition) is 5. The first-order valence-corrected chi connectivity index (χ1v) is 7.06. The molecule has 102 valence electrons. The standard InChI is InChI=1S/C15H15N3OS/c1-10(19)14-13(17)12(9-16)15(20-14)18-8-7-11-5-3-2-4-6-11/h2-6,18H,7-8,17H2,1H3. The maximum Gasteiger partial charge on any atom is 0.171 e. The molecule has 0 radical (unpaired) electrons. The number of nitrogens with one attached hydrogen (secondary N) is 1. The normalized spacial score (nSPS) is 10.0. The molecule has 20 heavy (non-hydrogen) atoms. The van der Waals surface area contributed by atoms with E-state index in [1.54, 1.807) is 0 Å². The summed E-state index contributed by atoms with van der Waals surface area (Å²) < 4.78 is 0. The van der Waals surface area contributed by atoms with E-state index in [0.717, 1.165) is 6.42 Å². The molecular formula is C15H15N3OS. The summed E-state index contributed by atoms with van der Waals surface area (Å²) in [5.74, 6) is -0.111. The van der Waals surface area contributed by atoms with Crippen LogP contribution in [0.4, 0.5) is 10.7 Å². The average Bonchev–Trinajstić information content (AvgIpc) is 2.76. The summed E-state index contributed by atoms with van der Waals surface area (Å²) in [6, 6.07) is 12.1. The third kappa shape index (κ3) is 2.98. The first-order chi connectivity index (χ1) is 9.63. The van der Waals surface area contributed by atoms with Gasteiger partial charge >= 0.3 is 0 Å². The van der Waals surface area contributed by atoms with E-state index in [0.29, 0.717) is 22.0 Å². The van der Waals surface area contributed by atoms with Crippen LogP contribution in [0.1, 0.15) is 27.7 Å². The molecule has 5 heteroatoms. The fraction of sp³-hybridized carbons (Fsp3) is 0.200.